The molecule has 1 aliphatic rings. The lowest BCUT2D eigenvalue weighted by atomic mass is 10.00. The van der Waals surface area contributed by atoms with Crippen molar-refractivity contribution in [3.63, 3.8) is 0 Å². The molecule has 0 spiro atoms. The first-order valence-electron chi connectivity index (χ1n) is 8.46. The number of pyridine rings is 2. The van der Waals surface area contributed by atoms with Crippen LogP contribution in [0.15, 0.2) is 82.4 Å². The lowest BCUT2D eigenvalue weighted by molar-refractivity contribution is 0.0970. The summed E-state index contributed by atoms with van der Waals surface area (Å²) in [5, 5.41) is 0.445. The summed E-state index contributed by atoms with van der Waals surface area (Å²) >= 11 is 0. The molecule has 27 heavy (non-hydrogen) atoms. The van der Waals surface area contributed by atoms with E-state index in [2.05, 4.69) is 9.97 Å². The third-order valence-electron chi connectivity index (χ3n) is 4.67. The Morgan fingerprint density at radius 2 is 1.78 bits per heavy atom. The number of amides is 1. The molecule has 0 fully saturated rings. The molecule has 1 aromatic carbocycles. The van der Waals surface area contributed by atoms with Crippen molar-refractivity contribution < 1.29 is 9.21 Å². The molecular formula is C21H13N3O3. The number of carbonyl (C=O) groups excluding carboxylic acids is 1. The molecule has 1 aliphatic heterocycles. The van der Waals surface area contributed by atoms with E-state index in [1.165, 1.54) is 4.90 Å². The van der Waals surface area contributed by atoms with Crippen LogP contribution in [-0.2, 0) is 0 Å². The monoisotopic (exact) mass is 355 g/mol. The summed E-state index contributed by atoms with van der Waals surface area (Å²) < 4.78 is 5.86. The van der Waals surface area contributed by atoms with Gasteiger partial charge in [0.25, 0.3) is 5.91 Å². The molecule has 3 aromatic heterocycles. The number of anilines is 1. The minimum atomic E-state index is -0.642. The van der Waals surface area contributed by atoms with E-state index in [-0.39, 0.29) is 17.1 Å². The number of fused-ring (bicyclic) bond motifs is 2. The molecule has 6 nitrogen and oxygen atoms in total. The van der Waals surface area contributed by atoms with E-state index in [0.29, 0.717) is 22.4 Å². The predicted octanol–water partition coefficient (Wildman–Crippen LogP) is 3.33. The lowest BCUT2D eigenvalue weighted by Crippen LogP contribution is -2.30. The first-order valence-corrected chi connectivity index (χ1v) is 8.46. The van der Waals surface area contributed by atoms with Crippen LogP contribution in [0.25, 0.3) is 11.0 Å². The average Bonchev–Trinajstić information content (AvgIpc) is 3.02. The zero-order valence-electron chi connectivity index (χ0n) is 14.1. The van der Waals surface area contributed by atoms with E-state index in [1.807, 2.05) is 6.07 Å². The summed E-state index contributed by atoms with van der Waals surface area (Å²) in [5.41, 5.74) is 1.21. The van der Waals surface area contributed by atoms with Crippen molar-refractivity contribution in [2.24, 2.45) is 0 Å². The molecule has 0 saturated carbocycles. The Morgan fingerprint density at radius 1 is 0.926 bits per heavy atom. The maximum Gasteiger partial charge on any atom is 0.296 e. The van der Waals surface area contributed by atoms with E-state index in [0.717, 1.165) is 5.56 Å². The molecular weight excluding hydrogens is 342 g/mol. The molecule has 5 rings (SSSR count). The van der Waals surface area contributed by atoms with Crippen molar-refractivity contribution in [1.29, 1.82) is 0 Å². The minimum Gasteiger partial charge on any atom is -0.450 e. The Hall–Kier alpha value is -3.80. The van der Waals surface area contributed by atoms with Gasteiger partial charge in [-0.2, -0.15) is 0 Å². The second-order valence-corrected chi connectivity index (χ2v) is 6.22. The molecule has 1 atom stereocenters. The third-order valence-corrected chi connectivity index (χ3v) is 4.67. The van der Waals surface area contributed by atoms with Crippen LogP contribution < -0.4 is 10.3 Å². The first-order chi connectivity index (χ1) is 13.3. The number of rotatable bonds is 2. The Morgan fingerprint density at radius 3 is 2.56 bits per heavy atom. The van der Waals surface area contributed by atoms with Gasteiger partial charge in [-0.1, -0.05) is 24.3 Å². The van der Waals surface area contributed by atoms with Crippen LogP contribution in [0.2, 0.25) is 0 Å². The number of para-hydroxylation sites is 1. The van der Waals surface area contributed by atoms with E-state index >= 15 is 0 Å². The van der Waals surface area contributed by atoms with Gasteiger partial charge in [0.05, 0.1) is 17.0 Å². The second kappa shape index (κ2) is 5.88. The minimum absolute atomic E-state index is 0.0539. The molecule has 1 amide bonds. The van der Waals surface area contributed by atoms with Gasteiger partial charge in [0.1, 0.15) is 11.4 Å². The molecule has 0 radical (unpaired) electrons. The Bertz CT molecular complexity index is 1220. The van der Waals surface area contributed by atoms with Gasteiger partial charge in [-0.25, -0.2) is 4.98 Å². The molecule has 0 bridgehead atoms. The topological polar surface area (TPSA) is 76.3 Å². The number of nitrogens with zero attached hydrogens (tertiary/aromatic N) is 3. The number of carbonyl (C=O) groups is 1. The quantitative estimate of drug-likeness (QED) is 0.551. The Balaban J connectivity index is 1.84. The average molecular weight is 355 g/mol. The van der Waals surface area contributed by atoms with Gasteiger partial charge >= 0.3 is 0 Å². The van der Waals surface area contributed by atoms with Crippen molar-refractivity contribution >= 4 is 22.7 Å². The summed E-state index contributed by atoms with van der Waals surface area (Å²) in [7, 11) is 0. The van der Waals surface area contributed by atoms with Gasteiger partial charge in [-0.05, 0) is 35.9 Å². The van der Waals surface area contributed by atoms with Crippen molar-refractivity contribution in [2.45, 2.75) is 6.04 Å². The SMILES string of the molecule is O=C1c2oc3ccccc3c(=O)c2C(c2cccnc2)N1c1ccccn1. The summed E-state index contributed by atoms with van der Waals surface area (Å²) in [6.07, 6.45) is 4.91. The van der Waals surface area contributed by atoms with Gasteiger partial charge < -0.3 is 4.42 Å². The van der Waals surface area contributed by atoms with Gasteiger partial charge in [-0.15, -0.1) is 0 Å². The summed E-state index contributed by atoms with van der Waals surface area (Å²) in [5.74, 6) is 0.116. The van der Waals surface area contributed by atoms with Crippen molar-refractivity contribution in [3.8, 4) is 0 Å². The molecule has 1 unspecified atom stereocenters. The molecule has 0 aliphatic carbocycles. The number of hydrogen-bond acceptors (Lipinski definition) is 5. The normalized spacial score (nSPS) is 15.9. The van der Waals surface area contributed by atoms with Crippen molar-refractivity contribution in [1.82, 2.24) is 9.97 Å². The Kier molecular flexibility index (Phi) is 3.36. The van der Waals surface area contributed by atoms with Gasteiger partial charge in [0, 0.05) is 18.6 Å². The van der Waals surface area contributed by atoms with Crippen LogP contribution in [-0.4, -0.2) is 15.9 Å². The van der Waals surface area contributed by atoms with E-state index < -0.39 is 6.04 Å². The highest BCUT2D eigenvalue weighted by atomic mass is 16.3. The number of benzene rings is 1. The maximum absolute atomic E-state index is 13.2. The zero-order chi connectivity index (χ0) is 18.4. The van der Waals surface area contributed by atoms with E-state index in [4.69, 9.17) is 4.42 Å². The van der Waals surface area contributed by atoms with Crippen LogP contribution >= 0.6 is 0 Å². The largest absolute Gasteiger partial charge is 0.450 e. The summed E-state index contributed by atoms with van der Waals surface area (Å²) in [6.45, 7) is 0. The Labute approximate surface area is 153 Å². The van der Waals surface area contributed by atoms with Gasteiger partial charge in [-0.3, -0.25) is 19.5 Å². The standard InChI is InChI=1S/C21H13N3O3/c25-19-14-7-1-2-8-15(14)27-20-17(19)18(13-6-5-10-22-12-13)24(21(20)26)16-9-3-4-11-23-16/h1-12,18H. The lowest BCUT2D eigenvalue weighted by Gasteiger charge is -2.23. The van der Waals surface area contributed by atoms with Crippen LogP contribution in [0.3, 0.4) is 0 Å². The molecule has 0 saturated heterocycles. The highest BCUT2D eigenvalue weighted by molar-refractivity contribution is 6.10. The molecule has 4 heterocycles. The zero-order valence-corrected chi connectivity index (χ0v) is 14.1. The first kappa shape index (κ1) is 15.5. The molecule has 130 valence electrons. The fourth-order valence-electron chi connectivity index (χ4n) is 3.51. The molecule has 6 heteroatoms. The summed E-state index contributed by atoms with van der Waals surface area (Å²) in [4.78, 5) is 36.4. The molecule has 0 N–H and O–H groups in total. The van der Waals surface area contributed by atoms with Gasteiger partial charge in [0.2, 0.25) is 5.76 Å². The number of hydrogen-bond donors (Lipinski definition) is 0. The fourth-order valence-corrected chi connectivity index (χ4v) is 3.51. The van der Waals surface area contributed by atoms with Crippen LogP contribution in [0, 0.1) is 0 Å². The predicted molar refractivity (Wildman–Crippen MR) is 99.6 cm³/mol. The molecule has 4 aromatic rings. The van der Waals surface area contributed by atoms with Crippen LogP contribution in [0.1, 0.15) is 27.7 Å². The van der Waals surface area contributed by atoms with E-state index in [9.17, 15) is 9.59 Å². The smallest absolute Gasteiger partial charge is 0.296 e. The highest BCUT2D eigenvalue weighted by Gasteiger charge is 2.44. The van der Waals surface area contributed by atoms with Crippen molar-refractivity contribution in [2.75, 3.05) is 4.90 Å². The van der Waals surface area contributed by atoms with Gasteiger partial charge in [0.15, 0.2) is 5.43 Å². The van der Waals surface area contributed by atoms with Crippen molar-refractivity contribution in [3.05, 3.63) is 100 Å². The summed E-state index contributed by atoms with van der Waals surface area (Å²) in [6, 6.07) is 15.2. The number of aromatic nitrogens is 2. The highest BCUT2D eigenvalue weighted by Crippen LogP contribution is 2.40. The van der Waals surface area contributed by atoms with Crippen LogP contribution in [0.5, 0.6) is 0 Å². The van der Waals surface area contributed by atoms with E-state index in [1.54, 1.807) is 67.1 Å². The maximum atomic E-state index is 13.2. The third kappa shape index (κ3) is 2.27. The fraction of sp³-hybridized carbons (Fsp3) is 0.0476. The second-order valence-electron chi connectivity index (χ2n) is 6.22. The van der Waals surface area contributed by atoms with Crippen LogP contribution in [0.4, 0.5) is 5.82 Å².